The SMILES string of the molecule is CCN(c1ccccc1C(=O)O)c1cc(C)cc2c(=O)c(C)c(N3CCC(C)(C)CC3)oc12. The number of nitrogens with zero attached hydrogens (tertiary/aromatic N) is 2. The van der Waals surface area contributed by atoms with Gasteiger partial charge in [0, 0.05) is 19.6 Å². The Hall–Kier alpha value is -3.28. The van der Waals surface area contributed by atoms with Gasteiger partial charge in [-0.25, -0.2) is 4.79 Å². The highest BCUT2D eigenvalue weighted by Gasteiger charge is 2.29. The van der Waals surface area contributed by atoms with Crippen molar-refractivity contribution in [2.24, 2.45) is 5.41 Å². The second kappa shape index (κ2) is 8.58. The van der Waals surface area contributed by atoms with Crippen molar-refractivity contribution in [3.05, 3.63) is 63.3 Å². The summed E-state index contributed by atoms with van der Waals surface area (Å²) in [5, 5.41) is 10.3. The lowest BCUT2D eigenvalue weighted by atomic mass is 9.82. The average Bonchev–Trinajstić information content (AvgIpc) is 2.77. The Balaban J connectivity index is 1.93. The van der Waals surface area contributed by atoms with E-state index in [0.29, 0.717) is 40.3 Å². The first-order valence-electron chi connectivity index (χ1n) is 11.6. The predicted molar refractivity (Wildman–Crippen MR) is 133 cm³/mol. The van der Waals surface area contributed by atoms with E-state index in [-0.39, 0.29) is 16.4 Å². The van der Waals surface area contributed by atoms with Gasteiger partial charge in [0.15, 0.2) is 11.0 Å². The Morgan fingerprint density at radius 2 is 1.79 bits per heavy atom. The van der Waals surface area contributed by atoms with Crippen LogP contribution in [0, 0.1) is 19.3 Å². The third-order valence-electron chi connectivity index (χ3n) is 6.75. The zero-order valence-electron chi connectivity index (χ0n) is 20.1. The van der Waals surface area contributed by atoms with Gasteiger partial charge in [0.25, 0.3) is 0 Å². The van der Waals surface area contributed by atoms with Crippen LogP contribution in [0.2, 0.25) is 0 Å². The van der Waals surface area contributed by atoms with Gasteiger partial charge in [0.2, 0.25) is 5.88 Å². The van der Waals surface area contributed by atoms with Crippen molar-refractivity contribution in [1.29, 1.82) is 0 Å². The fourth-order valence-electron chi connectivity index (χ4n) is 4.68. The molecule has 2 aromatic carbocycles. The van der Waals surface area contributed by atoms with Crippen LogP contribution in [0.3, 0.4) is 0 Å². The molecule has 6 nitrogen and oxygen atoms in total. The first-order valence-corrected chi connectivity index (χ1v) is 11.6. The van der Waals surface area contributed by atoms with Crippen LogP contribution in [-0.2, 0) is 0 Å². The number of aryl methyl sites for hydroxylation is 1. The van der Waals surface area contributed by atoms with Crippen LogP contribution in [0.4, 0.5) is 17.3 Å². The summed E-state index contributed by atoms with van der Waals surface area (Å²) in [6, 6.07) is 10.8. The first-order chi connectivity index (χ1) is 15.6. The van der Waals surface area contributed by atoms with Gasteiger partial charge >= 0.3 is 5.97 Å². The number of para-hydroxylation sites is 1. The Morgan fingerprint density at radius 3 is 2.42 bits per heavy atom. The highest BCUT2D eigenvalue weighted by atomic mass is 16.4. The van der Waals surface area contributed by atoms with Crippen LogP contribution in [0.1, 0.15) is 55.1 Å². The molecule has 0 bridgehead atoms. The molecule has 0 saturated carbocycles. The Morgan fingerprint density at radius 1 is 1.12 bits per heavy atom. The molecule has 6 heteroatoms. The van der Waals surface area contributed by atoms with Crippen LogP contribution in [0.5, 0.6) is 0 Å². The van der Waals surface area contributed by atoms with E-state index in [2.05, 4.69) is 18.7 Å². The van der Waals surface area contributed by atoms with Crippen molar-refractivity contribution in [3.63, 3.8) is 0 Å². The molecule has 0 radical (unpaired) electrons. The van der Waals surface area contributed by atoms with E-state index in [1.165, 1.54) is 0 Å². The fourth-order valence-corrected chi connectivity index (χ4v) is 4.68. The summed E-state index contributed by atoms with van der Waals surface area (Å²) in [6.07, 6.45) is 2.06. The highest BCUT2D eigenvalue weighted by Crippen LogP contribution is 2.38. The van der Waals surface area contributed by atoms with Gasteiger partial charge in [-0.2, -0.15) is 0 Å². The smallest absolute Gasteiger partial charge is 0.337 e. The van der Waals surface area contributed by atoms with Crippen LogP contribution >= 0.6 is 0 Å². The molecule has 2 heterocycles. The van der Waals surface area contributed by atoms with Crippen LogP contribution in [0.25, 0.3) is 11.0 Å². The van der Waals surface area contributed by atoms with E-state index in [0.717, 1.165) is 31.5 Å². The van der Waals surface area contributed by atoms with Crippen LogP contribution < -0.4 is 15.2 Å². The number of carboxylic acid groups (broad SMARTS) is 1. The second-order valence-corrected chi connectivity index (χ2v) is 9.74. The molecule has 1 fully saturated rings. The van der Waals surface area contributed by atoms with Gasteiger partial charge in [-0.3, -0.25) is 4.79 Å². The zero-order chi connectivity index (χ0) is 23.9. The molecule has 1 saturated heterocycles. The van der Waals surface area contributed by atoms with E-state index in [1.54, 1.807) is 18.2 Å². The Labute approximate surface area is 194 Å². The number of benzene rings is 2. The summed E-state index contributed by atoms with van der Waals surface area (Å²) in [4.78, 5) is 29.4. The molecule has 0 unspecified atom stereocenters. The number of carboxylic acids is 1. The van der Waals surface area contributed by atoms with Crippen molar-refractivity contribution >= 4 is 34.2 Å². The normalized spacial score (nSPS) is 15.6. The van der Waals surface area contributed by atoms with Crippen molar-refractivity contribution in [3.8, 4) is 0 Å². The number of hydrogen-bond acceptors (Lipinski definition) is 5. The third kappa shape index (κ3) is 4.22. The van der Waals surface area contributed by atoms with Gasteiger partial charge < -0.3 is 19.3 Å². The molecule has 1 aliphatic rings. The molecule has 33 heavy (non-hydrogen) atoms. The summed E-state index contributed by atoms with van der Waals surface area (Å²) in [5.41, 5.74) is 3.77. The summed E-state index contributed by atoms with van der Waals surface area (Å²) >= 11 is 0. The van der Waals surface area contributed by atoms with Gasteiger partial charge in [0.05, 0.1) is 27.9 Å². The number of aromatic carboxylic acids is 1. The van der Waals surface area contributed by atoms with Gasteiger partial charge in [0.1, 0.15) is 0 Å². The number of anilines is 3. The maximum absolute atomic E-state index is 13.4. The Kier molecular flexibility index (Phi) is 5.95. The fraction of sp³-hybridized carbons (Fsp3) is 0.407. The van der Waals surface area contributed by atoms with E-state index >= 15 is 0 Å². The van der Waals surface area contributed by atoms with E-state index < -0.39 is 5.97 Å². The summed E-state index contributed by atoms with van der Waals surface area (Å²) in [7, 11) is 0. The summed E-state index contributed by atoms with van der Waals surface area (Å²) < 4.78 is 6.51. The van der Waals surface area contributed by atoms with Crippen molar-refractivity contribution < 1.29 is 14.3 Å². The van der Waals surface area contributed by atoms with Crippen molar-refractivity contribution in [2.75, 3.05) is 29.4 Å². The first kappa shape index (κ1) is 22.9. The number of fused-ring (bicyclic) bond motifs is 1. The zero-order valence-corrected chi connectivity index (χ0v) is 20.1. The maximum Gasteiger partial charge on any atom is 0.337 e. The number of carbonyl (C=O) groups is 1. The molecule has 3 aromatic rings. The van der Waals surface area contributed by atoms with E-state index in [1.807, 2.05) is 43.9 Å². The molecule has 174 valence electrons. The summed E-state index contributed by atoms with van der Waals surface area (Å²) in [5.74, 6) is -0.370. The minimum Gasteiger partial charge on any atom is -0.478 e. The van der Waals surface area contributed by atoms with Crippen LogP contribution in [-0.4, -0.2) is 30.7 Å². The molecule has 0 amide bonds. The molecule has 1 N–H and O–H groups in total. The lowest BCUT2D eigenvalue weighted by molar-refractivity contribution is 0.0697. The van der Waals surface area contributed by atoms with E-state index in [9.17, 15) is 14.7 Å². The quantitative estimate of drug-likeness (QED) is 0.524. The van der Waals surface area contributed by atoms with Crippen molar-refractivity contribution in [1.82, 2.24) is 0 Å². The molecule has 1 aromatic heterocycles. The van der Waals surface area contributed by atoms with Crippen LogP contribution in [0.15, 0.2) is 45.6 Å². The lowest BCUT2D eigenvalue weighted by Gasteiger charge is -2.37. The number of rotatable bonds is 5. The monoisotopic (exact) mass is 448 g/mol. The topological polar surface area (TPSA) is 74.0 Å². The molecular weight excluding hydrogens is 416 g/mol. The molecule has 1 aliphatic heterocycles. The largest absolute Gasteiger partial charge is 0.478 e. The molecule has 0 atom stereocenters. The van der Waals surface area contributed by atoms with Gasteiger partial charge in [-0.1, -0.05) is 26.0 Å². The minimum absolute atomic E-state index is 0.0383. The maximum atomic E-state index is 13.4. The van der Waals surface area contributed by atoms with Gasteiger partial charge in [-0.05, 0) is 68.9 Å². The minimum atomic E-state index is -0.991. The predicted octanol–water partition coefficient (Wildman–Crippen LogP) is 5.89. The summed E-state index contributed by atoms with van der Waals surface area (Å²) in [6.45, 7) is 12.5. The van der Waals surface area contributed by atoms with Crippen molar-refractivity contribution in [2.45, 2.75) is 47.5 Å². The lowest BCUT2D eigenvalue weighted by Crippen LogP contribution is -2.38. The number of piperidine rings is 1. The standard InChI is InChI=1S/C27H32N2O4/c1-6-29(21-10-8-7-9-19(21)26(31)32)22-16-17(2)15-20-23(30)18(3)25(33-24(20)22)28-13-11-27(4,5)12-14-28/h7-10,15-16H,6,11-14H2,1-5H3,(H,31,32). The molecule has 4 rings (SSSR count). The molecule has 0 aliphatic carbocycles. The van der Waals surface area contributed by atoms with E-state index in [4.69, 9.17) is 4.42 Å². The average molecular weight is 449 g/mol. The number of hydrogen-bond donors (Lipinski definition) is 1. The Bertz CT molecular complexity index is 1270. The second-order valence-electron chi connectivity index (χ2n) is 9.74. The molecular formula is C27H32N2O4. The molecule has 0 spiro atoms. The third-order valence-corrected chi connectivity index (χ3v) is 6.75. The van der Waals surface area contributed by atoms with Gasteiger partial charge in [-0.15, -0.1) is 0 Å². The highest BCUT2D eigenvalue weighted by molar-refractivity contribution is 5.99.